The van der Waals surface area contributed by atoms with Crippen molar-refractivity contribution in [2.75, 3.05) is 6.54 Å². The van der Waals surface area contributed by atoms with Gasteiger partial charge in [0.05, 0.1) is 13.1 Å². The van der Waals surface area contributed by atoms with Gasteiger partial charge in [0.1, 0.15) is 11.3 Å². The van der Waals surface area contributed by atoms with Crippen molar-refractivity contribution in [3.8, 4) is 0 Å². The highest BCUT2D eigenvalue weighted by Gasteiger charge is 2.01. The van der Waals surface area contributed by atoms with Crippen molar-refractivity contribution in [2.24, 2.45) is 0 Å². The van der Waals surface area contributed by atoms with Crippen LogP contribution in [0.15, 0.2) is 17.9 Å². The molecular weight excluding hydrogens is 210 g/mol. The van der Waals surface area contributed by atoms with Gasteiger partial charge in [0.25, 0.3) is 0 Å². The van der Waals surface area contributed by atoms with Gasteiger partial charge in [-0.1, -0.05) is 6.92 Å². The second kappa shape index (κ2) is 4.99. The molecule has 0 radical (unpaired) electrons. The molecule has 0 aliphatic rings. The normalized spacial score (nSPS) is 10.7. The molecule has 0 atom stereocenters. The lowest BCUT2D eigenvalue weighted by molar-refractivity contribution is 0.641. The molecule has 2 aromatic heterocycles. The Morgan fingerprint density at radius 3 is 3.13 bits per heavy atom. The van der Waals surface area contributed by atoms with Crippen molar-refractivity contribution in [2.45, 2.75) is 20.0 Å². The van der Waals surface area contributed by atoms with Crippen LogP contribution in [0.25, 0.3) is 0 Å². The summed E-state index contributed by atoms with van der Waals surface area (Å²) < 4.78 is 1.81. The summed E-state index contributed by atoms with van der Waals surface area (Å²) in [6, 6.07) is 0. The molecule has 0 aromatic carbocycles. The lowest BCUT2D eigenvalue weighted by atomic mass is 10.6. The molecule has 2 heterocycles. The molecule has 0 aliphatic heterocycles. The average Bonchev–Trinajstić information content (AvgIpc) is 2.87. The fourth-order valence-electron chi connectivity index (χ4n) is 1.20. The molecule has 0 saturated carbocycles. The Bertz CT molecular complexity index is 394. The third-order valence-electron chi connectivity index (χ3n) is 1.90. The monoisotopic (exact) mass is 223 g/mol. The van der Waals surface area contributed by atoms with Gasteiger partial charge in [-0.2, -0.15) is 5.10 Å². The standard InChI is InChI=1S/C9H13N5S/c1-2-10-5-8-12-7-14(13-8)6-9-11-3-4-15-9/h3-4,7,10H,2,5-6H2,1H3. The number of nitrogens with one attached hydrogen (secondary N) is 1. The molecule has 5 nitrogen and oxygen atoms in total. The molecule has 6 heteroatoms. The Kier molecular flexibility index (Phi) is 3.41. The zero-order valence-corrected chi connectivity index (χ0v) is 9.37. The Labute approximate surface area is 92.2 Å². The first-order chi connectivity index (χ1) is 7.38. The first kappa shape index (κ1) is 10.3. The predicted molar refractivity (Wildman–Crippen MR) is 58.6 cm³/mol. The van der Waals surface area contributed by atoms with Crippen LogP contribution in [0.1, 0.15) is 17.8 Å². The maximum Gasteiger partial charge on any atom is 0.164 e. The van der Waals surface area contributed by atoms with Crippen molar-refractivity contribution < 1.29 is 0 Å². The number of nitrogens with zero attached hydrogens (tertiary/aromatic N) is 4. The van der Waals surface area contributed by atoms with E-state index < -0.39 is 0 Å². The highest BCUT2D eigenvalue weighted by atomic mass is 32.1. The minimum Gasteiger partial charge on any atom is -0.310 e. The van der Waals surface area contributed by atoms with Gasteiger partial charge in [-0.05, 0) is 6.54 Å². The van der Waals surface area contributed by atoms with Crippen LogP contribution in [0, 0.1) is 0 Å². The molecule has 15 heavy (non-hydrogen) atoms. The van der Waals surface area contributed by atoms with Gasteiger partial charge in [-0.3, -0.25) is 0 Å². The van der Waals surface area contributed by atoms with Crippen molar-refractivity contribution in [1.82, 2.24) is 25.1 Å². The van der Waals surface area contributed by atoms with Crippen LogP contribution in [-0.2, 0) is 13.1 Å². The summed E-state index contributed by atoms with van der Waals surface area (Å²) in [6.45, 7) is 4.42. The van der Waals surface area contributed by atoms with Crippen LogP contribution in [0.2, 0.25) is 0 Å². The molecule has 0 aliphatic carbocycles. The van der Waals surface area contributed by atoms with E-state index in [4.69, 9.17) is 0 Å². The largest absolute Gasteiger partial charge is 0.310 e. The summed E-state index contributed by atoms with van der Waals surface area (Å²) in [5.74, 6) is 0.827. The van der Waals surface area contributed by atoms with Crippen molar-refractivity contribution in [3.63, 3.8) is 0 Å². The van der Waals surface area contributed by atoms with Crippen LogP contribution in [0.4, 0.5) is 0 Å². The molecule has 2 aromatic rings. The molecule has 0 unspecified atom stereocenters. The van der Waals surface area contributed by atoms with E-state index in [1.54, 1.807) is 23.9 Å². The topological polar surface area (TPSA) is 55.6 Å². The van der Waals surface area contributed by atoms with Crippen LogP contribution >= 0.6 is 11.3 Å². The van der Waals surface area contributed by atoms with Crippen molar-refractivity contribution in [1.29, 1.82) is 0 Å². The van der Waals surface area contributed by atoms with E-state index in [0.29, 0.717) is 6.54 Å². The second-order valence-corrected chi connectivity index (χ2v) is 4.04. The smallest absolute Gasteiger partial charge is 0.164 e. The van der Waals surface area contributed by atoms with Gasteiger partial charge < -0.3 is 5.32 Å². The first-order valence-corrected chi connectivity index (χ1v) is 5.74. The molecule has 2 rings (SSSR count). The van der Waals surface area contributed by atoms with Gasteiger partial charge in [-0.15, -0.1) is 11.3 Å². The molecule has 0 saturated heterocycles. The number of rotatable bonds is 5. The zero-order chi connectivity index (χ0) is 10.5. The average molecular weight is 223 g/mol. The zero-order valence-electron chi connectivity index (χ0n) is 8.55. The van der Waals surface area contributed by atoms with Crippen LogP contribution in [0.3, 0.4) is 0 Å². The van der Waals surface area contributed by atoms with E-state index in [1.807, 2.05) is 10.1 Å². The minimum atomic E-state index is 0.705. The van der Waals surface area contributed by atoms with E-state index in [2.05, 4.69) is 27.3 Å². The fraction of sp³-hybridized carbons (Fsp3) is 0.444. The van der Waals surface area contributed by atoms with E-state index in [9.17, 15) is 0 Å². The lowest BCUT2D eigenvalue weighted by Crippen LogP contribution is -2.13. The van der Waals surface area contributed by atoms with Crippen molar-refractivity contribution in [3.05, 3.63) is 28.7 Å². The third-order valence-corrected chi connectivity index (χ3v) is 2.66. The molecule has 0 amide bonds. The summed E-state index contributed by atoms with van der Waals surface area (Å²) in [7, 11) is 0. The summed E-state index contributed by atoms with van der Waals surface area (Å²) in [5.41, 5.74) is 0. The van der Waals surface area contributed by atoms with E-state index in [0.717, 1.165) is 23.9 Å². The number of hydrogen-bond acceptors (Lipinski definition) is 5. The van der Waals surface area contributed by atoms with E-state index in [1.165, 1.54) is 0 Å². The molecule has 0 spiro atoms. The Morgan fingerprint density at radius 2 is 2.40 bits per heavy atom. The van der Waals surface area contributed by atoms with Crippen LogP contribution in [0.5, 0.6) is 0 Å². The molecule has 0 bridgehead atoms. The summed E-state index contributed by atoms with van der Waals surface area (Å²) in [4.78, 5) is 8.40. The van der Waals surface area contributed by atoms with Gasteiger partial charge >= 0.3 is 0 Å². The minimum absolute atomic E-state index is 0.705. The Hall–Kier alpha value is -1.27. The van der Waals surface area contributed by atoms with Gasteiger partial charge in [0.15, 0.2) is 5.82 Å². The van der Waals surface area contributed by atoms with E-state index in [-0.39, 0.29) is 0 Å². The quantitative estimate of drug-likeness (QED) is 0.818. The predicted octanol–water partition coefficient (Wildman–Crippen LogP) is 0.892. The maximum absolute atomic E-state index is 4.33. The maximum atomic E-state index is 4.33. The Morgan fingerprint density at radius 1 is 1.47 bits per heavy atom. The number of aromatic nitrogens is 4. The van der Waals surface area contributed by atoms with Gasteiger partial charge in [0, 0.05) is 11.6 Å². The van der Waals surface area contributed by atoms with E-state index >= 15 is 0 Å². The fourth-order valence-corrected chi connectivity index (χ4v) is 1.80. The van der Waals surface area contributed by atoms with Crippen LogP contribution < -0.4 is 5.32 Å². The number of thiazole rings is 1. The third kappa shape index (κ3) is 2.84. The second-order valence-electron chi connectivity index (χ2n) is 3.06. The molecule has 0 fully saturated rings. The summed E-state index contributed by atoms with van der Waals surface area (Å²) in [6.07, 6.45) is 3.55. The Balaban J connectivity index is 1.95. The number of hydrogen-bond donors (Lipinski definition) is 1. The molecular formula is C9H13N5S. The highest BCUT2D eigenvalue weighted by molar-refractivity contribution is 7.09. The molecule has 1 N–H and O–H groups in total. The molecule has 80 valence electrons. The van der Waals surface area contributed by atoms with Gasteiger partial charge in [-0.25, -0.2) is 14.6 Å². The van der Waals surface area contributed by atoms with Crippen molar-refractivity contribution >= 4 is 11.3 Å². The first-order valence-electron chi connectivity index (χ1n) is 4.86. The van der Waals surface area contributed by atoms with Crippen LogP contribution in [-0.4, -0.2) is 26.3 Å². The summed E-state index contributed by atoms with van der Waals surface area (Å²) in [5, 5.41) is 10.5. The van der Waals surface area contributed by atoms with Gasteiger partial charge in [0.2, 0.25) is 0 Å². The SMILES string of the molecule is CCNCc1ncn(Cc2nccs2)n1. The highest BCUT2D eigenvalue weighted by Crippen LogP contribution is 2.05. The lowest BCUT2D eigenvalue weighted by Gasteiger charge is -1.96. The summed E-state index contributed by atoms with van der Waals surface area (Å²) >= 11 is 1.63.